The van der Waals surface area contributed by atoms with Crippen LogP contribution in [0.5, 0.6) is 17.2 Å². The van der Waals surface area contributed by atoms with Crippen molar-refractivity contribution >= 4 is 17.0 Å². The minimum Gasteiger partial charge on any atom is -0.457 e. The number of hydrogen-bond donors (Lipinski definition) is 2. The van der Waals surface area contributed by atoms with Gasteiger partial charge in [0.15, 0.2) is 17.1 Å². The molecular formula is C28H18F6N4O5. The molecule has 0 saturated heterocycles. The number of ether oxygens (including phenoxy) is 2. The van der Waals surface area contributed by atoms with Gasteiger partial charge in [0.05, 0.1) is 18.1 Å². The Hall–Kier alpha value is -5.21. The maximum Gasteiger partial charge on any atom is 0.573 e. The Bertz CT molecular complexity index is 1910. The highest BCUT2D eigenvalue weighted by Crippen LogP contribution is 2.45. The summed E-state index contributed by atoms with van der Waals surface area (Å²) < 4.78 is 94.4. The SMILES string of the molecule is CC(F)(F)CN1C(=O)c2[nH]nc(-c3cccc4[nH]c(=O)oc34)c2C1c1ccc(Oc2ccc(OC(F)(F)F)c(F)c2)cc1. The molecule has 9 nitrogen and oxygen atoms in total. The average Bonchev–Trinajstić information content (AvgIpc) is 3.58. The van der Waals surface area contributed by atoms with Crippen LogP contribution in [0, 0.1) is 5.82 Å². The Morgan fingerprint density at radius 3 is 2.40 bits per heavy atom. The molecule has 3 heterocycles. The Morgan fingerprint density at radius 1 is 1.00 bits per heavy atom. The number of rotatable bonds is 7. The number of para-hydroxylation sites is 1. The molecule has 3 aromatic carbocycles. The Morgan fingerprint density at radius 2 is 1.72 bits per heavy atom. The first-order valence-electron chi connectivity index (χ1n) is 12.5. The number of nitrogens with zero attached hydrogens (tertiary/aromatic N) is 2. The lowest BCUT2D eigenvalue weighted by Crippen LogP contribution is -2.38. The molecule has 0 radical (unpaired) electrons. The lowest BCUT2D eigenvalue weighted by atomic mass is 9.95. The van der Waals surface area contributed by atoms with Crippen LogP contribution in [0.25, 0.3) is 22.4 Å². The van der Waals surface area contributed by atoms with Crippen LogP contribution in [-0.4, -0.2) is 44.8 Å². The van der Waals surface area contributed by atoms with E-state index in [2.05, 4.69) is 19.9 Å². The Kier molecular flexibility index (Phi) is 6.47. The minimum absolute atomic E-state index is 0.0175. The predicted molar refractivity (Wildman–Crippen MR) is 138 cm³/mol. The van der Waals surface area contributed by atoms with Gasteiger partial charge in [-0.1, -0.05) is 18.2 Å². The molecule has 1 atom stereocenters. The van der Waals surface area contributed by atoms with Crippen molar-refractivity contribution in [2.45, 2.75) is 25.3 Å². The molecule has 0 aliphatic carbocycles. The zero-order valence-corrected chi connectivity index (χ0v) is 21.8. The molecule has 2 aromatic heterocycles. The predicted octanol–water partition coefficient (Wildman–Crippen LogP) is 6.54. The van der Waals surface area contributed by atoms with Gasteiger partial charge in [0.25, 0.3) is 11.8 Å². The fourth-order valence-electron chi connectivity index (χ4n) is 4.98. The second-order valence-electron chi connectivity index (χ2n) is 9.77. The van der Waals surface area contributed by atoms with Crippen LogP contribution < -0.4 is 15.2 Å². The van der Waals surface area contributed by atoms with Crippen LogP contribution in [0.3, 0.4) is 0 Å². The van der Waals surface area contributed by atoms with Crippen LogP contribution in [0.1, 0.15) is 34.6 Å². The van der Waals surface area contributed by atoms with Crippen molar-refractivity contribution in [3.8, 4) is 28.5 Å². The second-order valence-corrected chi connectivity index (χ2v) is 9.77. The number of carbonyl (C=O) groups is 1. The van der Waals surface area contributed by atoms with Gasteiger partial charge in [0, 0.05) is 24.1 Å². The van der Waals surface area contributed by atoms with E-state index in [0.29, 0.717) is 29.6 Å². The van der Waals surface area contributed by atoms with Crippen molar-refractivity contribution in [3.63, 3.8) is 0 Å². The molecule has 5 aromatic rings. The number of oxazole rings is 1. The van der Waals surface area contributed by atoms with Gasteiger partial charge >= 0.3 is 12.1 Å². The number of benzene rings is 3. The number of aromatic amines is 2. The summed E-state index contributed by atoms with van der Waals surface area (Å²) in [5, 5.41) is 6.89. The van der Waals surface area contributed by atoms with Crippen LogP contribution in [0.2, 0.25) is 0 Å². The number of carbonyl (C=O) groups excluding carboxylic acids is 1. The van der Waals surface area contributed by atoms with Gasteiger partial charge in [-0.15, -0.1) is 13.2 Å². The molecule has 0 spiro atoms. The summed E-state index contributed by atoms with van der Waals surface area (Å²) >= 11 is 0. The Labute approximate surface area is 236 Å². The molecule has 1 unspecified atom stereocenters. The van der Waals surface area contributed by atoms with E-state index in [0.717, 1.165) is 17.0 Å². The summed E-state index contributed by atoms with van der Waals surface area (Å²) in [6, 6.07) is 12.2. The van der Waals surface area contributed by atoms with Crippen molar-refractivity contribution in [3.05, 3.63) is 93.9 Å². The highest BCUT2D eigenvalue weighted by atomic mass is 19.4. The van der Waals surface area contributed by atoms with E-state index >= 15 is 0 Å². The minimum atomic E-state index is -5.08. The Balaban J connectivity index is 1.36. The fourth-order valence-corrected chi connectivity index (χ4v) is 4.98. The average molecular weight is 604 g/mol. The van der Waals surface area contributed by atoms with Gasteiger partial charge in [-0.05, 0) is 42.0 Å². The molecule has 2 N–H and O–H groups in total. The monoisotopic (exact) mass is 604 g/mol. The smallest absolute Gasteiger partial charge is 0.457 e. The number of nitrogens with one attached hydrogen (secondary N) is 2. The van der Waals surface area contributed by atoms with Crippen LogP contribution in [0.15, 0.2) is 69.9 Å². The number of H-pyrrole nitrogens is 2. The summed E-state index contributed by atoms with van der Waals surface area (Å²) in [7, 11) is 0. The van der Waals surface area contributed by atoms with Crippen LogP contribution >= 0.6 is 0 Å². The number of hydrogen-bond acceptors (Lipinski definition) is 6. The van der Waals surface area contributed by atoms with Crippen LogP contribution in [0.4, 0.5) is 26.3 Å². The summed E-state index contributed by atoms with van der Waals surface area (Å²) in [4.78, 5) is 28.7. The molecule has 0 saturated carbocycles. The second kappa shape index (κ2) is 9.96. The molecule has 222 valence electrons. The van der Waals surface area contributed by atoms with E-state index < -0.39 is 48.1 Å². The standard InChI is InChI=1S/C28H18F6N4O5/c1-27(30,31)12-38-23(13-5-7-14(8-6-13)41-15-9-10-19(17(29)11-15)43-28(32,33)34)20-21(36-37-22(20)25(38)39)16-3-2-4-18-24(16)42-26(40)35-18/h2-11,23H,12H2,1H3,(H,35,40)(H,36,37). The van der Waals surface area contributed by atoms with Crippen molar-refractivity contribution in [1.82, 2.24) is 20.1 Å². The molecule has 0 fully saturated rings. The van der Waals surface area contributed by atoms with Crippen molar-refractivity contribution in [2.24, 2.45) is 0 Å². The quantitative estimate of drug-likeness (QED) is 0.204. The number of fused-ring (bicyclic) bond motifs is 2. The van der Waals surface area contributed by atoms with Gasteiger partial charge in [-0.25, -0.2) is 18.0 Å². The van der Waals surface area contributed by atoms with Crippen LogP contribution in [-0.2, 0) is 0 Å². The zero-order valence-electron chi connectivity index (χ0n) is 21.8. The maximum absolute atomic E-state index is 14.3. The largest absolute Gasteiger partial charge is 0.573 e. The molecule has 0 bridgehead atoms. The highest BCUT2D eigenvalue weighted by Gasteiger charge is 2.45. The topological polar surface area (TPSA) is 113 Å². The summed E-state index contributed by atoms with van der Waals surface area (Å²) in [6.45, 7) is -0.245. The van der Waals surface area contributed by atoms with Gasteiger partial charge < -0.3 is 18.8 Å². The number of alkyl halides is 5. The molecule has 1 aliphatic rings. The summed E-state index contributed by atoms with van der Waals surface area (Å²) in [6.07, 6.45) is -5.08. The first-order chi connectivity index (χ1) is 20.3. The third kappa shape index (κ3) is 5.40. The molecule has 6 rings (SSSR count). The maximum atomic E-state index is 14.3. The van der Waals surface area contributed by atoms with E-state index in [1.165, 1.54) is 24.3 Å². The third-order valence-electron chi connectivity index (χ3n) is 6.57. The normalized spacial score (nSPS) is 15.3. The number of halogens is 6. The summed E-state index contributed by atoms with van der Waals surface area (Å²) in [5.41, 5.74) is 1.73. The van der Waals surface area contributed by atoms with Gasteiger partial charge in [0.1, 0.15) is 22.9 Å². The molecule has 43 heavy (non-hydrogen) atoms. The molecular weight excluding hydrogens is 586 g/mol. The van der Waals surface area contributed by atoms with Crippen molar-refractivity contribution in [2.75, 3.05) is 6.54 Å². The van der Waals surface area contributed by atoms with Crippen molar-refractivity contribution < 1.29 is 45.0 Å². The third-order valence-corrected chi connectivity index (χ3v) is 6.57. The van der Waals surface area contributed by atoms with E-state index in [1.807, 2.05) is 0 Å². The molecule has 1 amide bonds. The highest BCUT2D eigenvalue weighted by molar-refractivity contribution is 6.02. The zero-order chi connectivity index (χ0) is 30.7. The van der Waals surface area contributed by atoms with Gasteiger partial charge in [-0.3, -0.25) is 14.9 Å². The lowest BCUT2D eigenvalue weighted by molar-refractivity contribution is -0.275. The van der Waals surface area contributed by atoms with Gasteiger partial charge in [-0.2, -0.15) is 5.10 Å². The first-order valence-corrected chi connectivity index (χ1v) is 12.5. The lowest BCUT2D eigenvalue weighted by Gasteiger charge is -2.28. The number of amides is 1. The summed E-state index contributed by atoms with van der Waals surface area (Å²) in [5.74, 6) is -7.03. The van der Waals surface area contributed by atoms with E-state index in [9.17, 15) is 35.9 Å². The van der Waals surface area contributed by atoms with Crippen molar-refractivity contribution in [1.29, 1.82) is 0 Å². The van der Waals surface area contributed by atoms with E-state index in [1.54, 1.807) is 18.2 Å². The van der Waals surface area contributed by atoms with Gasteiger partial charge in [0.2, 0.25) is 0 Å². The molecule has 15 heteroatoms. The fraction of sp³-hybridized carbons (Fsp3) is 0.179. The molecule has 1 aliphatic heterocycles. The first kappa shape index (κ1) is 27.9. The van der Waals surface area contributed by atoms with E-state index in [-0.39, 0.29) is 34.0 Å². The van der Waals surface area contributed by atoms with E-state index in [4.69, 9.17) is 9.15 Å². The number of aromatic nitrogens is 3.